The second kappa shape index (κ2) is 10.3. The molecule has 1 N–H and O–H groups in total. The first kappa shape index (κ1) is 21.8. The summed E-state index contributed by atoms with van der Waals surface area (Å²) in [6, 6.07) is 28.7. The second-order valence-electron chi connectivity index (χ2n) is 7.67. The summed E-state index contributed by atoms with van der Waals surface area (Å²) >= 11 is 1.41. The zero-order valence-electron chi connectivity index (χ0n) is 18.2. The van der Waals surface area contributed by atoms with Gasteiger partial charge in [0.15, 0.2) is 5.16 Å². The lowest BCUT2D eigenvalue weighted by molar-refractivity contribution is -0.119. The fourth-order valence-corrected chi connectivity index (χ4v) is 4.30. The Balaban J connectivity index is 1.33. The van der Waals surface area contributed by atoms with Crippen LogP contribution in [-0.4, -0.2) is 26.4 Å². The van der Waals surface area contributed by atoms with Crippen molar-refractivity contribution in [1.82, 2.24) is 20.1 Å². The number of rotatable bonds is 8. The van der Waals surface area contributed by atoms with Crippen molar-refractivity contribution < 1.29 is 4.79 Å². The highest BCUT2D eigenvalue weighted by atomic mass is 32.2. The molecule has 1 atom stereocenters. The Kier molecular flexibility index (Phi) is 7.02. The topological polar surface area (TPSA) is 59.8 Å². The van der Waals surface area contributed by atoms with E-state index in [2.05, 4.69) is 64.0 Å². The summed E-state index contributed by atoms with van der Waals surface area (Å²) in [7, 11) is 0. The van der Waals surface area contributed by atoms with E-state index in [1.807, 2.05) is 54.8 Å². The Labute approximate surface area is 192 Å². The van der Waals surface area contributed by atoms with Gasteiger partial charge in [0.2, 0.25) is 5.91 Å². The summed E-state index contributed by atoms with van der Waals surface area (Å²) in [6.45, 7) is 4.62. The molecule has 6 heteroatoms. The van der Waals surface area contributed by atoms with Crippen LogP contribution in [0.1, 0.15) is 29.9 Å². The lowest BCUT2D eigenvalue weighted by Gasteiger charge is -2.15. The van der Waals surface area contributed by atoms with Crippen molar-refractivity contribution in [3.63, 3.8) is 0 Å². The maximum absolute atomic E-state index is 12.6. The average Bonchev–Trinajstić information content (AvgIpc) is 3.18. The third-order valence-electron chi connectivity index (χ3n) is 5.31. The van der Waals surface area contributed by atoms with Crippen molar-refractivity contribution in [2.45, 2.75) is 31.6 Å². The lowest BCUT2D eigenvalue weighted by atomic mass is 10.0. The molecule has 1 unspecified atom stereocenters. The van der Waals surface area contributed by atoms with Gasteiger partial charge >= 0.3 is 0 Å². The van der Waals surface area contributed by atoms with E-state index in [9.17, 15) is 4.79 Å². The molecule has 3 aromatic carbocycles. The van der Waals surface area contributed by atoms with Crippen LogP contribution in [0.4, 0.5) is 0 Å². The number of aryl methyl sites for hydroxylation is 1. The van der Waals surface area contributed by atoms with E-state index in [4.69, 9.17) is 0 Å². The van der Waals surface area contributed by atoms with Crippen LogP contribution in [0.15, 0.2) is 90.1 Å². The van der Waals surface area contributed by atoms with Crippen LogP contribution < -0.4 is 5.32 Å². The number of benzene rings is 3. The van der Waals surface area contributed by atoms with Crippen LogP contribution in [0.3, 0.4) is 0 Å². The lowest BCUT2D eigenvalue weighted by Crippen LogP contribution is -2.28. The second-order valence-corrected chi connectivity index (χ2v) is 8.61. The molecule has 0 spiro atoms. The molecule has 0 aliphatic rings. The van der Waals surface area contributed by atoms with Crippen LogP contribution in [0.5, 0.6) is 0 Å². The molecule has 1 aromatic heterocycles. The van der Waals surface area contributed by atoms with E-state index in [0.717, 1.165) is 22.1 Å². The number of hydrogen-bond donors (Lipinski definition) is 1. The van der Waals surface area contributed by atoms with Crippen molar-refractivity contribution >= 4 is 17.7 Å². The van der Waals surface area contributed by atoms with Gasteiger partial charge in [-0.2, -0.15) is 0 Å². The fraction of sp³-hybridized carbons (Fsp3) is 0.192. The van der Waals surface area contributed by atoms with Gasteiger partial charge < -0.3 is 9.88 Å². The molecule has 0 saturated heterocycles. The van der Waals surface area contributed by atoms with Crippen molar-refractivity contribution in [2.24, 2.45) is 0 Å². The summed E-state index contributed by atoms with van der Waals surface area (Å²) < 4.78 is 2.04. The third kappa shape index (κ3) is 5.45. The summed E-state index contributed by atoms with van der Waals surface area (Å²) in [4.78, 5) is 12.6. The SMILES string of the molecule is Cc1nnc(SCC(=O)NC(C)c2ccc(-c3ccccc3)cc2)n1Cc1ccccc1. The van der Waals surface area contributed by atoms with Crippen LogP contribution >= 0.6 is 11.8 Å². The fourth-order valence-electron chi connectivity index (χ4n) is 3.51. The quantitative estimate of drug-likeness (QED) is 0.378. The summed E-state index contributed by atoms with van der Waals surface area (Å²) in [6.07, 6.45) is 0. The number of nitrogens with zero attached hydrogens (tertiary/aromatic N) is 3. The molecule has 4 rings (SSSR count). The molecule has 0 saturated carbocycles. The van der Waals surface area contributed by atoms with Gasteiger partial charge in [0.25, 0.3) is 0 Å². The van der Waals surface area contributed by atoms with Gasteiger partial charge in [-0.15, -0.1) is 10.2 Å². The predicted octanol–water partition coefficient (Wildman–Crippen LogP) is 5.27. The van der Waals surface area contributed by atoms with Crippen molar-refractivity contribution in [1.29, 1.82) is 0 Å². The molecular formula is C26H26N4OS. The van der Waals surface area contributed by atoms with Gasteiger partial charge in [-0.05, 0) is 36.1 Å². The smallest absolute Gasteiger partial charge is 0.230 e. The van der Waals surface area contributed by atoms with Crippen LogP contribution in [0.25, 0.3) is 11.1 Å². The van der Waals surface area contributed by atoms with Gasteiger partial charge in [0.1, 0.15) is 5.82 Å². The van der Waals surface area contributed by atoms with Crippen LogP contribution in [0, 0.1) is 6.92 Å². The van der Waals surface area contributed by atoms with E-state index in [0.29, 0.717) is 12.3 Å². The highest BCUT2D eigenvalue weighted by molar-refractivity contribution is 7.99. The van der Waals surface area contributed by atoms with E-state index >= 15 is 0 Å². The summed E-state index contributed by atoms with van der Waals surface area (Å²) in [5.74, 6) is 1.10. The molecule has 0 radical (unpaired) electrons. The maximum Gasteiger partial charge on any atom is 0.230 e. The summed E-state index contributed by atoms with van der Waals surface area (Å²) in [5, 5.41) is 12.3. The first-order valence-corrected chi connectivity index (χ1v) is 11.6. The number of thioether (sulfide) groups is 1. The zero-order chi connectivity index (χ0) is 22.3. The Hall–Kier alpha value is -3.38. The largest absolute Gasteiger partial charge is 0.349 e. The Morgan fingerprint density at radius 2 is 1.53 bits per heavy atom. The number of aromatic nitrogens is 3. The Morgan fingerprint density at radius 1 is 0.906 bits per heavy atom. The minimum absolute atomic E-state index is 0.0263. The standard InChI is InChI=1S/C26H26N4OS/c1-19(22-13-15-24(16-14-22)23-11-7-4-8-12-23)27-25(31)18-32-26-29-28-20(2)30(26)17-21-9-5-3-6-10-21/h3-16,19H,17-18H2,1-2H3,(H,27,31). The van der Waals surface area contributed by atoms with Crippen molar-refractivity contribution in [3.8, 4) is 11.1 Å². The van der Waals surface area contributed by atoms with E-state index < -0.39 is 0 Å². The monoisotopic (exact) mass is 442 g/mol. The molecule has 1 amide bonds. The Bertz CT molecular complexity index is 1160. The van der Waals surface area contributed by atoms with E-state index in [1.54, 1.807) is 0 Å². The number of nitrogens with one attached hydrogen (secondary N) is 1. The molecule has 4 aromatic rings. The summed E-state index contributed by atoms with van der Waals surface area (Å²) in [5.41, 5.74) is 4.60. The molecule has 0 bridgehead atoms. The minimum Gasteiger partial charge on any atom is -0.349 e. The first-order chi connectivity index (χ1) is 15.6. The average molecular weight is 443 g/mol. The van der Waals surface area contributed by atoms with Gasteiger partial charge in [-0.25, -0.2) is 0 Å². The Morgan fingerprint density at radius 3 is 2.22 bits per heavy atom. The molecule has 1 heterocycles. The van der Waals surface area contributed by atoms with Crippen molar-refractivity contribution in [2.75, 3.05) is 5.75 Å². The normalized spacial score (nSPS) is 11.8. The number of carbonyl (C=O) groups is 1. The minimum atomic E-state index is -0.0724. The molecule has 0 fully saturated rings. The molecule has 5 nitrogen and oxygen atoms in total. The third-order valence-corrected chi connectivity index (χ3v) is 6.28. The molecule has 0 aliphatic carbocycles. The highest BCUT2D eigenvalue weighted by Crippen LogP contribution is 2.22. The highest BCUT2D eigenvalue weighted by Gasteiger charge is 2.14. The maximum atomic E-state index is 12.6. The van der Waals surface area contributed by atoms with Gasteiger partial charge in [-0.1, -0.05) is 96.7 Å². The predicted molar refractivity (Wildman–Crippen MR) is 129 cm³/mol. The van der Waals surface area contributed by atoms with Gasteiger partial charge in [-0.3, -0.25) is 4.79 Å². The molecular weight excluding hydrogens is 416 g/mol. The molecule has 0 aliphatic heterocycles. The number of amides is 1. The zero-order valence-corrected chi connectivity index (χ0v) is 19.0. The van der Waals surface area contributed by atoms with Gasteiger partial charge in [0, 0.05) is 0 Å². The van der Waals surface area contributed by atoms with Crippen LogP contribution in [-0.2, 0) is 11.3 Å². The number of hydrogen-bond acceptors (Lipinski definition) is 4. The molecule has 32 heavy (non-hydrogen) atoms. The molecule has 162 valence electrons. The van der Waals surface area contributed by atoms with Crippen LogP contribution in [0.2, 0.25) is 0 Å². The van der Waals surface area contributed by atoms with E-state index in [-0.39, 0.29) is 11.9 Å². The van der Waals surface area contributed by atoms with Crippen molar-refractivity contribution in [3.05, 3.63) is 102 Å². The van der Waals surface area contributed by atoms with E-state index in [1.165, 1.54) is 22.9 Å². The first-order valence-electron chi connectivity index (χ1n) is 10.6. The number of carbonyl (C=O) groups excluding carboxylic acids is 1. The van der Waals surface area contributed by atoms with Gasteiger partial charge in [0.05, 0.1) is 18.3 Å².